The van der Waals surface area contributed by atoms with Gasteiger partial charge in [-0.2, -0.15) is 4.68 Å². The van der Waals surface area contributed by atoms with Gasteiger partial charge >= 0.3 is 5.76 Å². The number of hydrogen-bond donors (Lipinski definition) is 0. The number of aromatic nitrogens is 2. The molecule has 0 aromatic carbocycles. The van der Waals surface area contributed by atoms with Crippen LogP contribution in [-0.2, 0) is 16.5 Å². The molecule has 1 atom stereocenters. The second-order valence-electron chi connectivity index (χ2n) is 5.11. The summed E-state index contributed by atoms with van der Waals surface area (Å²) in [5.41, 5.74) is 0. The van der Waals surface area contributed by atoms with E-state index in [1.54, 1.807) is 7.05 Å². The molecule has 114 valence electrons. The van der Waals surface area contributed by atoms with E-state index >= 15 is 0 Å². The van der Waals surface area contributed by atoms with Crippen molar-refractivity contribution in [3.63, 3.8) is 0 Å². The van der Waals surface area contributed by atoms with Crippen molar-refractivity contribution in [2.45, 2.75) is 19.1 Å². The molecular weight excluding hydrogens is 314 g/mol. The molecule has 0 N–H and O–H groups in total. The molecule has 21 heavy (non-hydrogen) atoms. The second-order valence-corrected chi connectivity index (χ2v) is 8.28. The fourth-order valence-electron chi connectivity index (χ4n) is 2.35. The lowest BCUT2D eigenvalue weighted by Gasteiger charge is -2.21. The predicted molar refractivity (Wildman–Crippen MR) is 78.9 cm³/mol. The summed E-state index contributed by atoms with van der Waals surface area (Å²) in [6.45, 7) is 0.216. The summed E-state index contributed by atoms with van der Waals surface area (Å²) in [6, 6.07) is 3.60. The van der Waals surface area contributed by atoms with Crippen LogP contribution in [0, 0.1) is 0 Å². The predicted octanol–water partition coefficient (Wildman–Crippen LogP) is 0.641. The van der Waals surface area contributed by atoms with Crippen molar-refractivity contribution < 1.29 is 12.8 Å². The van der Waals surface area contributed by atoms with Crippen LogP contribution in [0.1, 0.15) is 6.42 Å². The Hall–Kier alpha value is -1.45. The minimum absolute atomic E-state index is 0.0798. The van der Waals surface area contributed by atoms with E-state index in [2.05, 4.69) is 5.10 Å². The van der Waals surface area contributed by atoms with E-state index in [1.807, 2.05) is 22.4 Å². The Morgan fingerprint density at radius 1 is 1.57 bits per heavy atom. The van der Waals surface area contributed by atoms with Crippen LogP contribution in [0.4, 0.5) is 0 Å². The van der Waals surface area contributed by atoms with Gasteiger partial charge in [0.1, 0.15) is 6.67 Å². The lowest BCUT2D eigenvalue weighted by molar-refractivity contribution is 0.191. The molecule has 1 aliphatic rings. The summed E-state index contributed by atoms with van der Waals surface area (Å²) < 4.78 is 29.3. The maximum absolute atomic E-state index is 11.8. The third-order valence-corrected chi connectivity index (χ3v) is 6.14. The minimum atomic E-state index is -2.94. The van der Waals surface area contributed by atoms with Crippen molar-refractivity contribution in [1.29, 1.82) is 0 Å². The van der Waals surface area contributed by atoms with Gasteiger partial charge in [0.2, 0.25) is 0 Å². The molecule has 3 heterocycles. The van der Waals surface area contributed by atoms with Crippen LogP contribution in [0.15, 0.2) is 26.7 Å². The van der Waals surface area contributed by atoms with Gasteiger partial charge in [-0.1, -0.05) is 6.07 Å². The van der Waals surface area contributed by atoms with E-state index in [0.29, 0.717) is 12.3 Å². The second kappa shape index (κ2) is 5.39. The van der Waals surface area contributed by atoms with E-state index in [0.717, 1.165) is 4.88 Å². The first-order valence-electron chi connectivity index (χ1n) is 6.47. The van der Waals surface area contributed by atoms with Crippen molar-refractivity contribution in [2.75, 3.05) is 18.6 Å². The van der Waals surface area contributed by atoms with E-state index < -0.39 is 15.6 Å². The first kappa shape index (κ1) is 14.5. The van der Waals surface area contributed by atoms with Gasteiger partial charge in [0.05, 0.1) is 16.4 Å². The van der Waals surface area contributed by atoms with Crippen molar-refractivity contribution in [1.82, 2.24) is 14.7 Å². The standard InChI is InChI=1S/C12H15N3O4S2/c1-14(9-4-6-21(17,18)7-9)8-15-12(16)19-11(13-15)10-3-2-5-20-10/h2-3,5,9H,4,6-8H2,1H3. The van der Waals surface area contributed by atoms with E-state index in [-0.39, 0.29) is 24.2 Å². The smallest absolute Gasteiger partial charge is 0.387 e. The van der Waals surface area contributed by atoms with Crippen molar-refractivity contribution in [3.05, 3.63) is 28.1 Å². The molecule has 1 fully saturated rings. The molecule has 7 nitrogen and oxygen atoms in total. The third kappa shape index (κ3) is 3.09. The van der Waals surface area contributed by atoms with Gasteiger partial charge in [0.15, 0.2) is 9.84 Å². The zero-order chi connectivity index (χ0) is 15.0. The molecule has 0 spiro atoms. The van der Waals surface area contributed by atoms with Gasteiger partial charge in [-0.3, -0.25) is 4.90 Å². The van der Waals surface area contributed by atoms with Crippen LogP contribution in [-0.4, -0.2) is 47.7 Å². The number of sulfone groups is 1. The number of rotatable bonds is 4. The maximum Gasteiger partial charge on any atom is 0.438 e. The van der Waals surface area contributed by atoms with Gasteiger partial charge in [-0.25, -0.2) is 13.2 Å². The summed E-state index contributed by atoms with van der Waals surface area (Å²) >= 11 is 1.44. The zero-order valence-corrected chi connectivity index (χ0v) is 13.1. The summed E-state index contributed by atoms with van der Waals surface area (Å²) in [5, 5.41) is 6.04. The van der Waals surface area contributed by atoms with Gasteiger partial charge in [0, 0.05) is 6.04 Å². The van der Waals surface area contributed by atoms with Crippen LogP contribution in [0.2, 0.25) is 0 Å². The summed E-state index contributed by atoms with van der Waals surface area (Å²) in [5.74, 6) is 0.0953. The Kier molecular flexibility index (Phi) is 3.72. The van der Waals surface area contributed by atoms with Gasteiger partial charge in [-0.15, -0.1) is 16.4 Å². The van der Waals surface area contributed by atoms with E-state index in [4.69, 9.17) is 4.42 Å². The summed E-state index contributed by atoms with van der Waals surface area (Å²) in [4.78, 5) is 14.4. The average Bonchev–Trinajstić information content (AvgIpc) is 3.10. The van der Waals surface area contributed by atoms with Gasteiger partial charge < -0.3 is 4.42 Å². The molecule has 2 aromatic heterocycles. The van der Waals surface area contributed by atoms with Crippen molar-refractivity contribution >= 4 is 21.2 Å². The normalized spacial score (nSPS) is 21.1. The minimum Gasteiger partial charge on any atom is -0.387 e. The van der Waals surface area contributed by atoms with Gasteiger partial charge in [-0.05, 0) is 24.9 Å². The fraction of sp³-hybridized carbons (Fsp3) is 0.500. The molecule has 0 radical (unpaired) electrons. The highest BCUT2D eigenvalue weighted by atomic mass is 32.2. The lowest BCUT2D eigenvalue weighted by Crippen LogP contribution is -2.37. The average molecular weight is 329 g/mol. The topological polar surface area (TPSA) is 85.4 Å². The van der Waals surface area contributed by atoms with Gasteiger partial charge in [0.25, 0.3) is 5.89 Å². The largest absolute Gasteiger partial charge is 0.438 e. The zero-order valence-electron chi connectivity index (χ0n) is 11.4. The molecule has 1 unspecified atom stereocenters. The van der Waals surface area contributed by atoms with Crippen molar-refractivity contribution in [3.8, 4) is 10.8 Å². The highest BCUT2D eigenvalue weighted by molar-refractivity contribution is 7.91. The van der Waals surface area contributed by atoms with Crippen LogP contribution in [0.3, 0.4) is 0 Å². The Morgan fingerprint density at radius 3 is 3.00 bits per heavy atom. The first-order chi connectivity index (χ1) is 9.94. The van der Waals surface area contributed by atoms with Crippen LogP contribution in [0.5, 0.6) is 0 Å². The maximum atomic E-state index is 11.8. The number of nitrogens with zero attached hydrogens (tertiary/aromatic N) is 3. The summed E-state index contributed by atoms with van der Waals surface area (Å²) in [6.07, 6.45) is 0.587. The molecule has 0 aliphatic carbocycles. The van der Waals surface area contributed by atoms with Crippen LogP contribution >= 0.6 is 11.3 Å². The molecule has 3 rings (SSSR count). The monoisotopic (exact) mass is 329 g/mol. The quantitative estimate of drug-likeness (QED) is 0.818. The SMILES string of the molecule is CN(Cn1nc(-c2cccs2)oc1=O)C1CCS(=O)(=O)C1. The highest BCUT2D eigenvalue weighted by Gasteiger charge is 2.31. The molecular formula is C12H15N3O4S2. The Morgan fingerprint density at radius 2 is 2.38 bits per heavy atom. The molecule has 0 amide bonds. The van der Waals surface area contributed by atoms with Crippen LogP contribution in [0.25, 0.3) is 10.8 Å². The molecule has 0 bridgehead atoms. The molecule has 9 heteroatoms. The molecule has 0 saturated carbocycles. The molecule has 1 aliphatic heterocycles. The number of thiophene rings is 1. The number of hydrogen-bond acceptors (Lipinski definition) is 7. The van der Waals surface area contributed by atoms with Crippen LogP contribution < -0.4 is 5.76 Å². The Balaban J connectivity index is 1.75. The Labute approximate surface area is 125 Å². The van der Waals surface area contributed by atoms with E-state index in [1.165, 1.54) is 16.0 Å². The molecule has 2 aromatic rings. The first-order valence-corrected chi connectivity index (χ1v) is 9.17. The summed E-state index contributed by atoms with van der Waals surface area (Å²) in [7, 11) is -1.16. The third-order valence-electron chi connectivity index (χ3n) is 3.53. The van der Waals surface area contributed by atoms with Crippen molar-refractivity contribution in [2.24, 2.45) is 0 Å². The Bertz CT molecular complexity index is 776. The molecule has 1 saturated heterocycles. The fourth-order valence-corrected chi connectivity index (χ4v) is 4.79. The highest BCUT2D eigenvalue weighted by Crippen LogP contribution is 2.21. The lowest BCUT2D eigenvalue weighted by atomic mass is 10.2. The van der Waals surface area contributed by atoms with E-state index in [9.17, 15) is 13.2 Å².